The zero-order valence-corrected chi connectivity index (χ0v) is 13.7. The number of halogens is 1. The van der Waals surface area contributed by atoms with Gasteiger partial charge in [-0.2, -0.15) is 0 Å². The fourth-order valence-corrected chi connectivity index (χ4v) is 2.13. The highest BCUT2D eigenvalue weighted by molar-refractivity contribution is 7.98. The molecule has 0 aliphatic rings. The minimum atomic E-state index is -1.09. The van der Waals surface area contributed by atoms with Crippen molar-refractivity contribution in [2.24, 2.45) is 0 Å². The molecule has 0 aliphatic heterocycles. The Hall–Kier alpha value is -2.72. The van der Waals surface area contributed by atoms with E-state index in [-0.39, 0.29) is 16.6 Å². The van der Waals surface area contributed by atoms with Crippen molar-refractivity contribution in [3.8, 4) is 11.6 Å². The second-order valence-corrected chi connectivity index (χ2v) is 5.67. The number of carboxylic acid groups (broad SMARTS) is 1. The zero-order chi connectivity index (χ0) is 17.7. The lowest BCUT2D eigenvalue weighted by atomic mass is 10.3. The lowest BCUT2D eigenvalue weighted by molar-refractivity contribution is -0.385. The molecule has 1 aromatic heterocycles. The first-order chi connectivity index (χ1) is 11.4. The van der Waals surface area contributed by atoms with Crippen molar-refractivity contribution < 1.29 is 19.6 Å². The fraction of sp³-hybridized carbons (Fsp3) is 0.0769. The Bertz CT molecular complexity index is 759. The average Bonchev–Trinajstić information content (AvgIpc) is 2.55. The van der Waals surface area contributed by atoms with Crippen molar-refractivity contribution in [2.45, 2.75) is 0 Å². The molecule has 0 unspecified atom stereocenters. The second-order valence-electron chi connectivity index (χ2n) is 4.33. The molecule has 2 N–H and O–H groups in total. The number of benzene rings is 1. The third-order valence-corrected chi connectivity index (χ3v) is 3.70. The minimum Gasteiger partial charge on any atom is -0.464 e. The van der Waals surface area contributed by atoms with E-state index in [2.05, 4.69) is 9.71 Å². The van der Waals surface area contributed by atoms with Crippen LogP contribution in [0.1, 0.15) is 0 Å². The van der Waals surface area contributed by atoms with Crippen LogP contribution in [0, 0.1) is 10.1 Å². The van der Waals surface area contributed by atoms with Gasteiger partial charge < -0.3 is 14.6 Å². The van der Waals surface area contributed by atoms with Gasteiger partial charge in [-0.15, -0.1) is 0 Å². The van der Waals surface area contributed by atoms with E-state index in [0.717, 1.165) is 22.6 Å². The maximum absolute atomic E-state index is 10.7. The van der Waals surface area contributed by atoms with Crippen LogP contribution < -0.4 is 9.46 Å². The third kappa shape index (κ3) is 4.64. The topological polar surface area (TPSA) is 118 Å². The Morgan fingerprint density at radius 2 is 2.21 bits per heavy atom. The summed E-state index contributed by atoms with van der Waals surface area (Å²) in [4.78, 5) is 24.5. The van der Waals surface area contributed by atoms with Crippen LogP contribution in [0.25, 0.3) is 0 Å². The summed E-state index contributed by atoms with van der Waals surface area (Å²) in [5.74, 6) is 0.461. The molecule has 11 heteroatoms. The van der Waals surface area contributed by atoms with Gasteiger partial charge in [-0.05, 0) is 18.2 Å². The number of carbonyl (C=O) groups is 1. The fourth-order valence-electron chi connectivity index (χ4n) is 1.46. The lowest BCUT2D eigenvalue weighted by Gasteiger charge is -2.13. The Morgan fingerprint density at radius 3 is 2.75 bits per heavy atom. The number of nitro groups is 1. The van der Waals surface area contributed by atoms with Gasteiger partial charge in [-0.25, -0.2) is 14.1 Å². The molecule has 1 amide bonds. The summed E-state index contributed by atoms with van der Waals surface area (Å²) in [6.45, 7) is 0. The largest absolute Gasteiger partial charge is 0.464 e. The predicted molar refractivity (Wildman–Crippen MR) is 89.4 cm³/mol. The number of pyridine rings is 1. The highest BCUT2D eigenvalue weighted by atomic mass is 35.5. The summed E-state index contributed by atoms with van der Waals surface area (Å²) >= 11 is 6.97. The maximum Gasteiger partial charge on any atom is 0.418 e. The van der Waals surface area contributed by atoms with Gasteiger partial charge in [-0.1, -0.05) is 11.6 Å². The lowest BCUT2D eigenvalue weighted by Crippen LogP contribution is -2.18. The number of nitrogens with zero attached hydrogens (tertiary/aromatic N) is 3. The maximum atomic E-state index is 10.7. The normalized spacial score (nSPS) is 10.1. The molecule has 9 nitrogen and oxygen atoms in total. The van der Waals surface area contributed by atoms with Crippen LogP contribution in [0.3, 0.4) is 0 Å². The number of nitrogens with one attached hydrogen (secondary N) is 1. The zero-order valence-electron chi connectivity index (χ0n) is 12.2. The van der Waals surface area contributed by atoms with Crippen LogP contribution in [0.2, 0.25) is 5.02 Å². The molecule has 24 heavy (non-hydrogen) atoms. The molecular weight excluding hydrogens is 360 g/mol. The van der Waals surface area contributed by atoms with E-state index in [9.17, 15) is 14.9 Å². The number of aromatic nitrogens is 1. The Morgan fingerprint density at radius 1 is 1.46 bits per heavy atom. The molecule has 0 saturated heterocycles. The van der Waals surface area contributed by atoms with Gasteiger partial charge in [0.05, 0.1) is 22.1 Å². The second kappa shape index (κ2) is 7.70. The van der Waals surface area contributed by atoms with Crippen LogP contribution in [-0.2, 0) is 0 Å². The molecule has 0 fully saturated rings. The summed E-state index contributed by atoms with van der Waals surface area (Å²) in [6, 6.07) is 7.37. The van der Waals surface area contributed by atoms with Gasteiger partial charge in [0.2, 0.25) is 5.88 Å². The SMILES string of the molecule is CN(SNc1ccc(Oc2ccc([N+](=O)[O-])cn2)c(Cl)c1)C(=O)O. The number of hydrogen-bond acceptors (Lipinski definition) is 7. The van der Waals surface area contributed by atoms with Gasteiger partial charge in [0.1, 0.15) is 11.9 Å². The van der Waals surface area contributed by atoms with Gasteiger partial charge >= 0.3 is 6.09 Å². The Balaban J connectivity index is 2.04. The first-order valence-electron chi connectivity index (χ1n) is 6.34. The van der Waals surface area contributed by atoms with Gasteiger partial charge in [0, 0.05) is 24.9 Å². The standard InChI is InChI=1S/C13H11ClN4O5S/c1-17(13(19)20)24-16-8-2-4-11(10(14)6-8)23-12-5-3-9(7-15-12)18(21)22/h2-7,16H,1H3,(H,19,20). The quantitative estimate of drug-likeness (QED) is 0.444. The smallest absolute Gasteiger partial charge is 0.418 e. The van der Waals surface area contributed by atoms with E-state index >= 15 is 0 Å². The first-order valence-corrected chi connectivity index (χ1v) is 7.49. The molecule has 0 saturated carbocycles. The molecule has 126 valence electrons. The highest BCUT2D eigenvalue weighted by Gasteiger charge is 2.10. The van der Waals surface area contributed by atoms with E-state index in [1.807, 2.05) is 0 Å². The average molecular weight is 371 g/mol. The predicted octanol–water partition coefficient (Wildman–Crippen LogP) is 4.02. The van der Waals surface area contributed by atoms with Gasteiger partial charge in [-0.3, -0.25) is 10.1 Å². The van der Waals surface area contributed by atoms with Crippen LogP contribution in [0.15, 0.2) is 36.5 Å². The van der Waals surface area contributed by atoms with Gasteiger partial charge in [0.25, 0.3) is 5.69 Å². The summed E-state index contributed by atoms with van der Waals surface area (Å²) in [5, 5.41) is 19.6. The summed E-state index contributed by atoms with van der Waals surface area (Å²) in [7, 11) is 1.39. The van der Waals surface area contributed by atoms with Gasteiger partial charge in [0.15, 0.2) is 0 Å². The minimum absolute atomic E-state index is 0.146. The van der Waals surface area contributed by atoms with E-state index in [1.165, 1.54) is 19.2 Å². The molecule has 0 atom stereocenters. The van der Waals surface area contributed by atoms with E-state index in [1.54, 1.807) is 18.2 Å². The number of rotatable bonds is 6. The molecule has 0 aliphatic carbocycles. The van der Waals surface area contributed by atoms with Crippen molar-refractivity contribution in [3.05, 3.63) is 51.7 Å². The number of anilines is 1. The Kier molecular flexibility index (Phi) is 5.66. The molecule has 0 radical (unpaired) electrons. The molecular formula is C13H11ClN4O5S. The molecule has 0 bridgehead atoms. The van der Waals surface area contributed by atoms with Crippen molar-refractivity contribution in [1.29, 1.82) is 0 Å². The van der Waals surface area contributed by atoms with Crippen molar-refractivity contribution in [1.82, 2.24) is 9.29 Å². The van der Waals surface area contributed by atoms with Crippen LogP contribution in [0.5, 0.6) is 11.6 Å². The molecule has 2 rings (SSSR count). The summed E-state index contributed by atoms with van der Waals surface area (Å²) in [5.41, 5.74) is 0.426. The van der Waals surface area contributed by atoms with E-state index < -0.39 is 11.0 Å². The number of hydrogen-bond donors (Lipinski definition) is 2. The Labute approximate surface area is 145 Å². The van der Waals surface area contributed by atoms with E-state index in [0.29, 0.717) is 11.4 Å². The van der Waals surface area contributed by atoms with Crippen molar-refractivity contribution in [2.75, 3.05) is 11.8 Å². The highest BCUT2D eigenvalue weighted by Crippen LogP contribution is 2.32. The van der Waals surface area contributed by atoms with Crippen LogP contribution in [-0.4, -0.2) is 32.5 Å². The van der Waals surface area contributed by atoms with Crippen LogP contribution in [0.4, 0.5) is 16.2 Å². The van der Waals surface area contributed by atoms with E-state index in [4.69, 9.17) is 21.4 Å². The molecule has 2 aromatic rings. The van der Waals surface area contributed by atoms with Crippen molar-refractivity contribution in [3.63, 3.8) is 0 Å². The molecule has 1 aromatic carbocycles. The summed E-state index contributed by atoms with van der Waals surface area (Å²) in [6.07, 6.45) is -0.0137. The number of ether oxygens (including phenoxy) is 1. The monoisotopic (exact) mass is 370 g/mol. The molecule has 0 spiro atoms. The first kappa shape index (κ1) is 17.6. The molecule has 1 heterocycles. The summed E-state index contributed by atoms with van der Waals surface area (Å²) < 4.78 is 9.25. The van der Waals surface area contributed by atoms with Crippen LogP contribution >= 0.6 is 23.7 Å². The number of amides is 1. The van der Waals surface area contributed by atoms with Crippen molar-refractivity contribution >= 4 is 41.2 Å². The third-order valence-electron chi connectivity index (χ3n) is 2.65.